The topological polar surface area (TPSA) is 60.7 Å². The van der Waals surface area contributed by atoms with E-state index in [9.17, 15) is 4.79 Å². The van der Waals surface area contributed by atoms with Gasteiger partial charge in [-0.1, -0.05) is 42.5 Å². The van der Waals surface area contributed by atoms with Crippen LogP contribution in [0, 0.1) is 0 Å². The van der Waals surface area contributed by atoms with Crippen molar-refractivity contribution in [2.24, 2.45) is 0 Å². The Labute approximate surface area is 145 Å². The van der Waals surface area contributed by atoms with Gasteiger partial charge in [0.05, 0.1) is 6.26 Å². The summed E-state index contributed by atoms with van der Waals surface area (Å²) in [6.07, 6.45) is 0.879. The van der Waals surface area contributed by atoms with Gasteiger partial charge in [0, 0.05) is 0 Å². The maximum absolute atomic E-state index is 12.7. The predicted molar refractivity (Wildman–Crippen MR) is 91.5 cm³/mol. The predicted octanol–water partition coefficient (Wildman–Crippen LogP) is 3.33. The molecule has 4 rings (SSSR count). The Balaban J connectivity index is 1.54. The number of hydrogen-bond acceptors (Lipinski definition) is 4. The van der Waals surface area contributed by atoms with Crippen LogP contribution in [0.25, 0.3) is 0 Å². The summed E-state index contributed by atoms with van der Waals surface area (Å²) in [5.41, 5.74) is 0.933. The van der Waals surface area contributed by atoms with E-state index < -0.39 is 6.10 Å². The second-order valence-electron chi connectivity index (χ2n) is 5.73. The quantitative estimate of drug-likeness (QED) is 0.794. The first kappa shape index (κ1) is 15.3. The van der Waals surface area contributed by atoms with E-state index in [4.69, 9.17) is 13.9 Å². The molecule has 1 aromatic heterocycles. The Bertz CT molecular complexity index is 845. The Morgan fingerprint density at radius 3 is 2.48 bits per heavy atom. The van der Waals surface area contributed by atoms with Crippen molar-refractivity contribution in [2.75, 3.05) is 6.61 Å². The third kappa shape index (κ3) is 3.21. The van der Waals surface area contributed by atoms with Gasteiger partial charge >= 0.3 is 0 Å². The van der Waals surface area contributed by atoms with Crippen molar-refractivity contribution in [1.82, 2.24) is 5.32 Å². The second-order valence-corrected chi connectivity index (χ2v) is 5.73. The van der Waals surface area contributed by atoms with Gasteiger partial charge in [-0.05, 0) is 29.8 Å². The molecular formula is C20H17NO4. The SMILES string of the molecule is O=C(N[C@@H](c1ccccc1)c1ccco1)[C@@H]1COc2ccccc2O1. The van der Waals surface area contributed by atoms with Gasteiger partial charge in [0.15, 0.2) is 11.5 Å². The van der Waals surface area contributed by atoms with E-state index in [1.807, 2.05) is 54.6 Å². The number of fused-ring (bicyclic) bond motifs is 1. The van der Waals surface area contributed by atoms with E-state index >= 15 is 0 Å². The molecule has 0 saturated carbocycles. The molecule has 1 amide bonds. The van der Waals surface area contributed by atoms with Crippen molar-refractivity contribution in [3.8, 4) is 11.5 Å². The average molecular weight is 335 g/mol. The molecule has 0 bridgehead atoms. The van der Waals surface area contributed by atoms with Gasteiger partial charge in [-0.3, -0.25) is 4.79 Å². The van der Waals surface area contributed by atoms with Crippen LogP contribution >= 0.6 is 0 Å². The zero-order valence-corrected chi connectivity index (χ0v) is 13.4. The van der Waals surface area contributed by atoms with Gasteiger partial charge in [-0.15, -0.1) is 0 Å². The molecule has 5 heteroatoms. The van der Waals surface area contributed by atoms with Crippen LogP contribution in [0.1, 0.15) is 17.4 Å². The first-order valence-corrected chi connectivity index (χ1v) is 8.08. The lowest BCUT2D eigenvalue weighted by Crippen LogP contribution is -2.45. The third-order valence-electron chi connectivity index (χ3n) is 4.05. The number of ether oxygens (including phenoxy) is 2. The van der Waals surface area contributed by atoms with Crippen LogP contribution in [0.5, 0.6) is 11.5 Å². The molecule has 1 N–H and O–H groups in total. The number of para-hydroxylation sites is 2. The summed E-state index contributed by atoms with van der Waals surface area (Å²) in [5.74, 6) is 1.64. The molecule has 0 spiro atoms. The Hall–Kier alpha value is -3.21. The summed E-state index contributed by atoms with van der Waals surface area (Å²) in [6, 6.07) is 20.2. The van der Waals surface area contributed by atoms with E-state index in [0.717, 1.165) is 5.56 Å². The highest BCUT2D eigenvalue weighted by molar-refractivity contribution is 5.82. The highest BCUT2D eigenvalue weighted by atomic mass is 16.6. The van der Waals surface area contributed by atoms with Crippen LogP contribution in [0.4, 0.5) is 0 Å². The van der Waals surface area contributed by atoms with Crippen LogP contribution in [0.15, 0.2) is 77.4 Å². The highest BCUT2D eigenvalue weighted by Gasteiger charge is 2.30. The minimum absolute atomic E-state index is 0.169. The first-order chi connectivity index (χ1) is 12.3. The molecule has 2 heterocycles. The fourth-order valence-corrected chi connectivity index (χ4v) is 2.80. The van der Waals surface area contributed by atoms with Gasteiger partial charge in [0.25, 0.3) is 5.91 Å². The normalized spacial score (nSPS) is 16.9. The summed E-state index contributed by atoms with van der Waals surface area (Å²) in [7, 11) is 0. The number of rotatable bonds is 4. The summed E-state index contributed by atoms with van der Waals surface area (Å²) in [5, 5.41) is 3.00. The summed E-state index contributed by atoms with van der Waals surface area (Å²) in [4.78, 5) is 12.7. The van der Waals surface area contributed by atoms with Gasteiger partial charge in [0.2, 0.25) is 6.10 Å². The number of carbonyl (C=O) groups is 1. The zero-order valence-electron chi connectivity index (χ0n) is 13.4. The monoisotopic (exact) mass is 335 g/mol. The smallest absolute Gasteiger partial charge is 0.265 e. The minimum Gasteiger partial charge on any atom is -0.485 e. The standard InChI is InChI=1S/C20H17NO4/c22-20(18-13-24-15-9-4-5-10-16(15)25-18)21-19(17-11-6-12-23-17)14-7-2-1-3-8-14/h1-12,18-19H,13H2,(H,21,22)/t18-,19-/m0/s1. The van der Waals surface area contributed by atoms with Gasteiger partial charge in [0.1, 0.15) is 18.4 Å². The lowest BCUT2D eigenvalue weighted by molar-refractivity contribution is -0.131. The fourth-order valence-electron chi connectivity index (χ4n) is 2.80. The van der Waals surface area contributed by atoms with E-state index in [1.54, 1.807) is 18.4 Å². The van der Waals surface area contributed by atoms with E-state index in [1.165, 1.54) is 0 Å². The molecule has 0 radical (unpaired) electrons. The van der Waals surface area contributed by atoms with Gasteiger partial charge in [-0.25, -0.2) is 0 Å². The van der Waals surface area contributed by atoms with Crippen molar-refractivity contribution in [1.29, 1.82) is 0 Å². The van der Waals surface area contributed by atoms with Crippen molar-refractivity contribution >= 4 is 5.91 Å². The number of hydrogen-bond donors (Lipinski definition) is 1. The Morgan fingerprint density at radius 1 is 0.960 bits per heavy atom. The molecule has 126 valence electrons. The summed E-state index contributed by atoms with van der Waals surface area (Å²) in [6.45, 7) is 0.169. The van der Waals surface area contributed by atoms with Crippen LogP contribution in [-0.2, 0) is 4.79 Å². The highest BCUT2D eigenvalue weighted by Crippen LogP contribution is 2.31. The van der Waals surface area contributed by atoms with Crippen LogP contribution in [0.2, 0.25) is 0 Å². The van der Waals surface area contributed by atoms with Crippen molar-refractivity contribution in [3.63, 3.8) is 0 Å². The van der Waals surface area contributed by atoms with E-state index in [-0.39, 0.29) is 18.6 Å². The van der Waals surface area contributed by atoms with Crippen LogP contribution in [-0.4, -0.2) is 18.6 Å². The molecule has 1 aliphatic heterocycles. The molecule has 0 fully saturated rings. The van der Waals surface area contributed by atoms with Crippen molar-refractivity contribution < 1.29 is 18.7 Å². The fraction of sp³-hybridized carbons (Fsp3) is 0.150. The number of carbonyl (C=O) groups excluding carboxylic acids is 1. The lowest BCUT2D eigenvalue weighted by Gasteiger charge is -2.27. The number of furan rings is 1. The first-order valence-electron chi connectivity index (χ1n) is 8.08. The van der Waals surface area contributed by atoms with E-state index in [2.05, 4.69) is 5.32 Å². The largest absolute Gasteiger partial charge is 0.485 e. The third-order valence-corrected chi connectivity index (χ3v) is 4.05. The van der Waals surface area contributed by atoms with Crippen LogP contribution < -0.4 is 14.8 Å². The van der Waals surface area contributed by atoms with Crippen molar-refractivity contribution in [3.05, 3.63) is 84.3 Å². The molecule has 3 aromatic rings. The number of benzene rings is 2. The van der Waals surface area contributed by atoms with Crippen molar-refractivity contribution in [2.45, 2.75) is 12.1 Å². The Morgan fingerprint density at radius 2 is 1.72 bits per heavy atom. The Kier molecular flexibility index (Phi) is 4.12. The second kappa shape index (κ2) is 6.73. The zero-order chi connectivity index (χ0) is 17.1. The molecular weight excluding hydrogens is 318 g/mol. The molecule has 25 heavy (non-hydrogen) atoms. The molecule has 0 unspecified atom stereocenters. The molecule has 5 nitrogen and oxygen atoms in total. The number of nitrogens with one attached hydrogen (secondary N) is 1. The summed E-state index contributed by atoms with van der Waals surface area (Å²) >= 11 is 0. The number of amides is 1. The molecule has 0 aliphatic carbocycles. The average Bonchev–Trinajstić information content (AvgIpc) is 3.20. The maximum Gasteiger partial charge on any atom is 0.265 e. The lowest BCUT2D eigenvalue weighted by atomic mass is 10.0. The molecule has 2 aromatic carbocycles. The molecule has 1 aliphatic rings. The van der Waals surface area contributed by atoms with E-state index in [0.29, 0.717) is 17.3 Å². The van der Waals surface area contributed by atoms with Gasteiger partial charge < -0.3 is 19.2 Å². The van der Waals surface area contributed by atoms with Gasteiger partial charge in [-0.2, -0.15) is 0 Å². The summed E-state index contributed by atoms with van der Waals surface area (Å²) < 4.78 is 16.9. The molecule has 2 atom stereocenters. The molecule has 0 saturated heterocycles. The maximum atomic E-state index is 12.7. The minimum atomic E-state index is -0.712. The van der Waals surface area contributed by atoms with Crippen LogP contribution in [0.3, 0.4) is 0 Å².